The molecule has 0 aromatic carbocycles. The zero-order valence-electron chi connectivity index (χ0n) is 6.29. The van der Waals surface area contributed by atoms with Gasteiger partial charge in [0.1, 0.15) is 0 Å². The fraction of sp³-hybridized carbons (Fsp3) is 0.571. The highest BCUT2D eigenvalue weighted by atomic mass is 32.1. The van der Waals surface area contributed by atoms with Crippen LogP contribution in [0.15, 0.2) is 6.20 Å². The molecule has 0 aliphatic rings. The zero-order valence-corrected chi connectivity index (χ0v) is 7.11. The lowest BCUT2D eigenvalue weighted by molar-refractivity contribution is 0.766. The van der Waals surface area contributed by atoms with Crippen molar-refractivity contribution in [3.05, 3.63) is 16.1 Å². The fourth-order valence-electron chi connectivity index (χ4n) is 0.701. The van der Waals surface area contributed by atoms with E-state index in [1.807, 2.05) is 6.20 Å². The third-order valence-electron chi connectivity index (χ3n) is 1.41. The van der Waals surface area contributed by atoms with Crippen molar-refractivity contribution in [1.29, 1.82) is 0 Å². The minimum absolute atomic E-state index is 0.415. The van der Waals surface area contributed by atoms with Crippen LogP contribution in [0.1, 0.15) is 22.7 Å². The van der Waals surface area contributed by atoms with Crippen LogP contribution in [-0.4, -0.2) is 11.5 Å². The van der Waals surface area contributed by atoms with Crippen molar-refractivity contribution < 1.29 is 0 Å². The number of aryl methyl sites for hydroxylation is 1. The summed E-state index contributed by atoms with van der Waals surface area (Å²) in [6, 6.07) is 0. The van der Waals surface area contributed by atoms with Crippen LogP contribution < -0.4 is 5.73 Å². The number of hydrogen-bond donors (Lipinski definition) is 1. The summed E-state index contributed by atoms with van der Waals surface area (Å²) in [5, 5.41) is 1.15. The molecule has 1 atom stereocenters. The van der Waals surface area contributed by atoms with Crippen molar-refractivity contribution in [2.45, 2.75) is 19.8 Å². The normalized spacial score (nSPS) is 13.5. The Bertz CT molecular complexity index is 207. The fourth-order valence-corrected chi connectivity index (χ4v) is 1.54. The summed E-state index contributed by atoms with van der Waals surface area (Å²) in [4.78, 5) is 5.48. The monoisotopic (exact) mass is 156 g/mol. The second-order valence-corrected chi connectivity index (χ2v) is 3.71. The maximum Gasteiger partial charge on any atom is 0.0968 e. The summed E-state index contributed by atoms with van der Waals surface area (Å²) < 4.78 is 0. The lowest BCUT2D eigenvalue weighted by Gasteiger charge is -2.00. The van der Waals surface area contributed by atoms with Crippen molar-refractivity contribution >= 4 is 11.3 Å². The number of rotatable bonds is 2. The Morgan fingerprint density at radius 3 is 2.90 bits per heavy atom. The maximum absolute atomic E-state index is 5.48. The molecule has 1 aromatic rings. The van der Waals surface area contributed by atoms with Gasteiger partial charge in [0.25, 0.3) is 0 Å². The predicted octanol–water partition coefficient (Wildman–Crippen LogP) is 1.51. The highest BCUT2D eigenvalue weighted by molar-refractivity contribution is 7.11. The first kappa shape index (κ1) is 7.69. The molecule has 10 heavy (non-hydrogen) atoms. The molecule has 0 saturated heterocycles. The third kappa shape index (κ3) is 1.55. The first-order chi connectivity index (χ1) is 4.74. The van der Waals surface area contributed by atoms with Gasteiger partial charge in [0, 0.05) is 23.5 Å². The van der Waals surface area contributed by atoms with Gasteiger partial charge in [0.2, 0.25) is 0 Å². The van der Waals surface area contributed by atoms with Crippen LogP contribution in [0, 0.1) is 6.92 Å². The van der Waals surface area contributed by atoms with Gasteiger partial charge < -0.3 is 5.73 Å². The van der Waals surface area contributed by atoms with Crippen molar-refractivity contribution in [3.63, 3.8) is 0 Å². The number of nitrogens with two attached hydrogens (primary N) is 1. The van der Waals surface area contributed by atoms with Crippen molar-refractivity contribution in [2.75, 3.05) is 6.54 Å². The SMILES string of the molecule is Cc1cnc([C@H](C)CN)s1. The van der Waals surface area contributed by atoms with E-state index < -0.39 is 0 Å². The first-order valence-corrected chi connectivity index (χ1v) is 4.18. The van der Waals surface area contributed by atoms with Gasteiger partial charge in [0.05, 0.1) is 5.01 Å². The second-order valence-electron chi connectivity index (χ2n) is 2.45. The molecule has 0 spiro atoms. The van der Waals surface area contributed by atoms with E-state index in [1.165, 1.54) is 4.88 Å². The number of nitrogens with zero attached hydrogens (tertiary/aromatic N) is 1. The summed E-state index contributed by atoms with van der Waals surface area (Å²) in [5.41, 5.74) is 5.48. The largest absolute Gasteiger partial charge is 0.330 e. The summed E-state index contributed by atoms with van der Waals surface area (Å²) >= 11 is 1.73. The van der Waals surface area contributed by atoms with Gasteiger partial charge in [-0.1, -0.05) is 6.92 Å². The molecule has 0 unspecified atom stereocenters. The third-order valence-corrected chi connectivity index (χ3v) is 2.56. The molecule has 3 heteroatoms. The average molecular weight is 156 g/mol. The molecule has 0 aliphatic carbocycles. The molecular weight excluding hydrogens is 144 g/mol. The summed E-state index contributed by atoms with van der Waals surface area (Å²) in [6.07, 6.45) is 1.90. The van der Waals surface area contributed by atoms with Gasteiger partial charge in [-0.05, 0) is 6.92 Å². The Balaban J connectivity index is 2.74. The second kappa shape index (κ2) is 3.12. The van der Waals surface area contributed by atoms with Gasteiger partial charge in [-0.25, -0.2) is 4.98 Å². The van der Waals surface area contributed by atoms with Crippen LogP contribution in [0.4, 0.5) is 0 Å². The van der Waals surface area contributed by atoms with Gasteiger partial charge in [-0.3, -0.25) is 0 Å². The number of thiazole rings is 1. The molecule has 2 N–H and O–H groups in total. The van der Waals surface area contributed by atoms with E-state index in [-0.39, 0.29) is 0 Å². The molecule has 0 fully saturated rings. The number of aromatic nitrogens is 1. The molecule has 0 aliphatic heterocycles. The van der Waals surface area contributed by atoms with Crippen LogP contribution in [0.2, 0.25) is 0 Å². The zero-order chi connectivity index (χ0) is 7.56. The lowest BCUT2D eigenvalue weighted by atomic mass is 10.2. The quantitative estimate of drug-likeness (QED) is 0.705. The summed E-state index contributed by atoms with van der Waals surface area (Å²) in [6.45, 7) is 4.84. The maximum atomic E-state index is 5.48. The van der Waals surface area contributed by atoms with E-state index in [2.05, 4.69) is 18.8 Å². The predicted molar refractivity (Wildman–Crippen MR) is 44.3 cm³/mol. The molecular formula is C7H12N2S. The summed E-state index contributed by atoms with van der Waals surface area (Å²) in [5.74, 6) is 0.415. The molecule has 0 saturated carbocycles. The molecule has 0 bridgehead atoms. The number of hydrogen-bond acceptors (Lipinski definition) is 3. The highest BCUT2D eigenvalue weighted by Gasteiger charge is 2.05. The van der Waals surface area contributed by atoms with Crippen LogP contribution in [0.25, 0.3) is 0 Å². The minimum atomic E-state index is 0.415. The molecule has 0 amide bonds. The van der Waals surface area contributed by atoms with Crippen molar-refractivity contribution in [2.24, 2.45) is 5.73 Å². The molecule has 1 rings (SSSR count). The molecule has 1 heterocycles. The minimum Gasteiger partial charge on any atom is -0.330 e. The van der Waals surface area contributed by atoms with E-state index in [0.717, 1.165) is 5.01 Å². The average Bonchev–Trinajstić information content (AvgIpc) is 2.34. The van der Waals surface area contributed by atoms with Crippen molar-refractivity contribution in [3.8, 4) is 0 Å². The van der Waals surface area contributed by atoms with Crippen LogP contribution in [-0.2, 0) is 0 Å². The Morgan fingerprint density at radius 1 is 1.80 bits per heavy atom. The van der Waals surface area contributed by atoms with Crippen LogP contribution in [0.5, 0.6) is 0 Å². The molecule has 1 aromatic heterocycles. The molecule has 56 valence electrons. The van der Waals surface area contributed by atoms with Gasteiger partial charge in [-0.2, -0.15) is 0 Å². The van der Waals surface area contributed by atoms with E-state index in [9.17, 15) is 0 Å². The standard InChI is InChI=1S/C7H12N2S/c1-5(3-8)7-9-4-6(2)10-7/h4-5H,3,8H2,1-2H3/t5-/m1/s1. The van der Waals surface area contributed by atoms with Crippen molar-refractivity contribution in [1.82, 2.24) is 4.98 Å². The van der Waals surface area contributed by atoms with E-state index in [0.29, 0.717) is 12.5 Å². The topological polar surface area (TPSA) is 38.9 Å². The summed E-state index contributed by atoms with van der Waals surface area (Å²) in [7, 11) is 0. The van der Waals surface area contributed by atoms with E-state index >= 15 is 0 Å². The molecule has 0 radical (unpaired) electrons. The lowest BCUT2D eigenvalue weighted by Crippen LogP contribution is -2.08. The van der Waals surface area contributed by atoms with E-state index in [4.69, 9.17) is 5.73 Å². The Hall–Kier alpha value is -0.410. The first-order valence-electron chi connectivity index (χ1n) is 3.36. The Labute approximate surface area is 65.1 Å². The molecule has 2 nitrogen and oxygen atoms in total. The van der Waals surface area contributed by atoms with Crippen LogP contribution >= 0.6 is 11.3 Å². The smallest absolute Gasteiger partial charge is 0.0968 e. The van der Waals surface area contributed by atoms with Gasteiger partial charge in [-0.15, -0.1) is 11.3 Å². The Morgan fingerprint density at radius 2 is 2.50 bits per heavy atom. The van der Waals surface area contributed by atoms with Gasteiger partial charge >= 0.3 is 0 Å². The van der Waals surface area contributed by atoms with Crippen LogP contribution in [0.3, 0.4) is 0 Å². The highest BCUT2D eigenvalue weighted by Crippen LogP contribution is 2.19. The van der Waals surface area contributed by atoms with Gasteiger partial charge in [0.15, 0.2) is 0 Å². The van der Waals surface area contributed by atoms with E-state index in [1.54, 1.807) is 11.3 Å². The Kier molecular flexibility index (Phi) is 2.40.